The van der Waals surface area contributed by atoms with Crippen molar-refractivity contribution >= 4 is 5.91 Å². The van der Waals surface area contributed by atoms with E-state index in [1.54, 1.807) is 0 Å². The Balaban J connectivity index is 1.93. The van der Waals surface area contributed by atoms with Crippen LogP contribution in [-0.2, 0) is 4.79 Å². The predicted octanol–water partition coefficient (Wildman–Crippen LogP) is 1.24. The molecule has 0 aromatic rings. The van der Waals surface area contributed by atoms with Gasteiger partial charge in [-0.3, -0.25) is 4.79 Å². The van der Waals surface area contributed by atoms with Crippen LogP contribution in [0, 0.1) is 11.8 Å². The Bertz CT molecular complexity index is 222. The Morgan fingerprint density at radius 2 is 1.80 bits per heavy atom. The number of carbonyl (C=O) groups is 1. The Labute approximate surface area is 92.2 Å². The van der Waals surface area contributed by atoms with Crippen molar-refractivity contribution in [3.8, 4) is 0 Å². The average molecular weight is 210 g/mol. The van der Waals surface area contributed by atoms with Crippen molar-refractivity contribution in [2.45, 2.75) is 32.6 Å². The van der Waals surface area contributed by atoms with E-state index in [0.717, 1.165) is 26.2 Å². The second kappa shape index (κ2) is 4.97. The first kappa shape index (κ1) is 10.9. The van der Waals surface area contributed by atoms with Crippen LogP contribution < -0.4 is 5.32 Å². The maximum absolute atomic E-state index is 12.2. The zero-order valence-electron chi connectivity index (χ0n) is 9.67. The van der Waals surface area contributed by atoms with Crippen molar-refractivity contribution in [1.29, 1.82) is 0 Å². The van der Waals surface area contributed by atoms with Gasteiger partial charge in [0.2, 0.25) is 5.91 Å². The number of nitrogens with one attached hydrogen (secondary N) is 1. The molecule has 0 aromatic carbocycles. The van der Waals surface area contributed by atoms with E-state index in [1.807, 2.05) is 0 Å². The minimum absolute atomic E-state index is 0.239. The second-order valence-electron chi connectivity index (χ2n) is 4.98. The normalized spacial score (nSPS) is 32.7. The van der Waals surface area contributed by atoms with E-state index < -0.39 is 0 Å². The summed E-state index contributed by atoms with van der Waals surface area (Å²) in [5.74, 6) is 1.15. The van der Waals surface area contributed by atoms with Crippen LogP contribution in [0.4, 0.5) is 0 Å². The van der Waals surface area contributed by atoms with E-state index in [2.05, 4.69) is 17.1 Å². The summed E-state index contributed by atoms with van der Waals surface area (Å²) in [6.45, 7) is 6.05. The van der Waals surface area contributed by atoms with Gasteiger partial charge in [-0.05, 0) is 25.3 Å². The van der Waals surface area contributed by atoms with Crippen LogP contribution in [-0.4, -0.2) is 37.0 Å². The topological polar surface area (TPSA) is 32.3 Å². The van der Waals surface area contributed by atoms with Gasteiger partial charge in [-0.25, -0.2) is 0 Å². The Morgan fingerprint density at radius 1 is 1.13 bits per heavy atom. The van der Waals surface area contributed by atoms with E-state index in [0.29, 0.717) is 11.8 Å². The molecule has 2 saturated heterocycles. The lowest BCUT2D eigenvalue weighted by Gasteiger charge is -2.25. The summed E-state index contributed by atoms with van der Waals surface area (Å²) in [5.41, 5.74) is 0. The lowest BCUT2D eigenvalue weighted by Crippen LogP contribution is -2.39. The number of amides is 1. The van der Waals surface area contributed by atoms with E-state index in [1.165, 1.54) is 25.7 Å². The summed E-state index contributed by atoms with van der Waals surface area (Å²) in [7, 11) is 0. The van der Waals surface area contributed by atoms with E-state index >= 15 is 0 Å². The van der Waals surface area contributed by atoms with Gasteiger partial charge in [-0.1, -0.05) is 19.8 Å². The van der Waals surface area contributed by atoms with Crippen LogP contribution in [0.5, 0.6) is 0 Å². The van der Waals surface area contributed by atoms with Crippen LogP contribution in [0.2, 0.25) is 0 Å². The van der Waals surface area contributed by atoms with Gasteiger partial charge in [0.25, 0.3) is 0 Å². The highest BCUT2D eigenvalue weighted by molar-refractivity contribution is 5.79. The maximum Gasteiger partial charge on any atom is 0.227 e. The van der Waals surface area contributed by atoms with Gasteiger partial charge in [0, 0.05) is 19.6 Å². The average Bonchev–Trinajstić information content (AvgIpc) is 2.53. The van der Waals surface area contributed by atoms with Crippen LogP contribution in [0.1, 0.15) is 32.6 Å². The van der Waals surface area contributed by atoms with Crippen molar-refractivity contribution < 1.29 is 4.79 Å². The predicted molar refractivity (Wildman–Crippen MR) is 60.6 cm³/mol. The molecule has 2 heterocycles. The van der Waals surface area contributed by atoms with Gasteiger partial charge in [0.05, 0.1) is 5.92 Å². The number of carbonyl (C=O) groups excluding carboxylic acids is 1. The van der Waals surface area contributed by atoms with Crippen molar-refractivity contribution in [2.24, 2.45) is 11.8 Å². The van der Waals surface area contributed by atoms with E-state index in [-0.39, 0.29) is 5.92 Å². The molecule has 1 N–H and O–H groups in total. The molecule has 15 heavy (non-hydrogen) atoms. The molecule has 2 fully saturated rings. The number of nitrogens with zero attached hydrogens (tertiary/aromatic N) is 1. The van der Waals surface area contributed by atoms with Crippen molar-refractivity contribution in [3.63, 3.8) is 0 Å². The van der Waals surface area contributed by atoms with Crippen LogP contribution in [0.25, 0.3) is 0 Å². The molecule has 2 rings (SSSR count). The summed E-state index contributed by atoms with van der Waals surface area (Å²) in [5, 5.41) is 3.31. The molecule has 0 unspecified atom stereocenters. The van der Waals surface area contributed by atoms with Gasteiger partial charge in [0.1, 0.15) is 0 Å². The third kappa shape index (κ3) is 2.51. The minimum Gasteiger partial charge on any atom is -0.342 e. The first-order valence-corrected chi connectivity index (χ1v) is 6.28. The standard InChI is InChI=1S/C12H22N2O/c1-10-8-13-9-11(10)12(15)14-6-4-2-3-5-7-14/h10-11,13H,2-9H2,1H3/t10-,11-/m1/s1. The maximum atomic E-state index is 12.2. The zero-order valence-corrected chi connectivity index (χ0v) is 9.67. The Hall–Kier alpha value is -0.570. The molecule has 0 spiro atoms. The molecular weight excluding hydrogens is 188 g/mol. The highest BCUT2D eigenvalue weighted by Gasteiger charge is 2.32. The number of rotatable bonds is 1. The van der Waals surface area contributed by atoms with Crippen LogP contribution in [0.3, 0.4) is 0 Å². The van der Waals surface area contributed by atoms with Gasteiger partial charge in [-0.15, -0.1) is 0 Å². The van der Waals surface area contributed by atoms with E-state index in [4.69, 9.17) is 0 Å². The fourth-order valence-corrected chi connectivity index (χ4v) is 2.67. The molecule has 2 atom stereocenters. The summed E-state index contributed by atoms with van der Waals surface area (Å²) >= 11 is 0. The van der Waals surface area contributed by atoms with Crippen LogP contribution >= 0.6 is 0 Å². The number of hydrogen-bond donors (Lipinski definition) is 1. The fraction of sp³-hybridized carbons (Fsp3) is 0.917. The van der Waals surface area contributed by atoms with Gasteiger partial charge in [-0.2, -0.15) is 0 Å². The molecule has 0 aliphatic carbocycles. The highest BCUT2D eigenvalue weighted by Crippen LogP contribution is 2.20. The Morgan fingerprint density at radius 3 is 2.33 bits per heavy atom. The van der Waals surface area contributed by atoms with Gasteiger partial charge >= 0.3 is 0 Å². The molecule has 3 nitrogen and oxygen atoms in total. The molecule has 0 saturated carbocycles. The molecule has 2 aliphatic heterocycles. The minimum atomic E-state index is 0.239. The second-order valence-corrected chi connectivity index (χ2v) is 4.98. The summed E-state index contributed by atoms with van der Waals surface area (Å²) in [6.07, 6.45) is 4.98. The molecular formula is C12H22N2O. The quantitative estimate of drug-likeness (QED) is 0.706. The summed E-state index contributed by atoms with van der Waals surface area (Å²) in [4.78, 5) is 14.3. The molecule has 3 heteroatoms. The van der Waals surface area contributed by atoms with Crippen molar-refractivity contribution in [3.05, 3.63) is 0 Å². The van der Waals surface area contributed by atoms with Crippen LogP contribution in [0.15, 0.2) is 0 Å². The first-order chi connectivity index (χ1) is 7.29. The third-order valence-electron chi connectivity index (χ3n) is 3.75. The molecule has 1 amide bonds. The molecule has 0 bridgehead atoms. The molecule has 2 aliphatic rings. The molecule has 86 valence electrons. The first-order valence-electron chi connectivity index (χ1n) is 6.28. The Kier molecular flexibility index (Phi) is 3.62. The largest absolute Gasteiger partial charge is 0.342 e. The lowest BCUT2D eigenvalue weighted by atomic mass is 9.96. The lowest BCUT2D eigenvalue weighted by molar-refractivity contribution is -0.135. The van der Waals surface area contributed by atoms with Crippen molar-refractivity contribution in [2.75, 3.05) is 26.2 Å². The number of likely N-dealkylation sites (tertiary alicyclic amines) is 1. The fourth-order valence-electron chi connectivity index (χ4n) is 2.67. The third-order valence-corrected chi connectivity index (χ3v) is 3.75. The van der Waals surface area contributed by atoms with Gasteiger partial charge in [0.15, 0.2) is 0 Å². The molecule has 0 radical (unpaired) electrons. The van der Waals surface area contributed by atoms with Gasteiger partial charge < -0.3 is 10.2 Å². The number of hydrogen-bond acceptors (Lipinski definition) is 2. The van der Waals surface area contributed by atoms with Crippen molar-refractivity contribution in [1.82, 2.24) is 10.2 Å². The highest BCUT2D eigenvalue weighted by atomic mass is 16.2. The smallest absolute Gasteiger partial charge is 0.227 e. The summed E-state index contributed by atoms with van der Waals surface area (Å²) in [6, 6.07) is 0. The monoisotopic (exact) mass is 210 g/mol. The SMILES string of the molecule is C[C@@H]1CNC[C@H]1C(=O)N1CCCCCC1. The molecule has 0 aromatic heterocycles. The zero-order chi connectivity index (χ0) is 10.7. The summed E-state index contributed by atoms with van der Waals surface area (Å²) < 4.78 is 0. The van der Waals surface area contributed by atoms with E-state index in [9.17, 15) is 4.79 Å².